The minimum absolute atomic E-state index is 0.0898. The van der Waals surface area contributed by atoms with E-state index in [0.29, 0.717) is 5.56 Å². The summed E-state index contributed by atoms with van der Waals surface area (Å²) in [7, 11) is -2.90. The average molecular weight is 312 g/mol. The molecule has 0 aliphatic carbocycles. The van der Waals surface area contributed by atoms with Gasteiger partial charge in [-0.05, 0) is 35.9 Å². The van der Waals surface area contributed by atoms with E-state index >= 15 is 0 Å². The van der Waals surface area contributed by atoms with Crippen molar-refractivity contribution in [3.05, 3.63) is 59.7 Å². The lowest BCUT2D eigenvalue weighted by Crippen LogP contribution is -2.27. The molecule has 0 aliphatic rings. The first-order valence-electron chi connectivity index (χ1n) is 6.09. The van der Waals surface area contributed by atoms with Crippen molar-refractivity contribution in [1.29, 1.82) is 0 Å². The summed E-state index contributed by atoms with van der Waals surface area (Å²) in [4.78, 5) is -0.489. The molecular formula is C14H14F2N2O2S. The highest BCUT2D eigenvalue weighted by molar-refractivity contribution is 7.92. The molecule has 7 heteroatoms. The first kappa shape index (κ1) is 15.4. The zero-order valence-electron chi connectivity index (χ0n) is 11.3. The van der Waals surface area contributed by atoms with E-state index in [1.807, 2.05) is 0 Å². The van der Waals surface area contributed by atoms with Crippen molar-refractivity contribution >= 4 is 15.7 Å². The molecular weight excluding hydrogens is 298 g/mol. The lowest BCUT2D eigenvalue weighted by Gasteiger charge is -2.20. The second kappa shape index (κ2) is 5.79. The van der Waals surface area contributed by atoms with Gasteiger partial charge >= 0.3 is 0 Å². The van der Waals surface area contributed by atoms with Crippen LogP contribution in [0.25, 0.3) is 0 Å². The van der Waals surface area contributed by atoms with Gasteiger partial charge in [-0.15, -0.1) is 0 Å². The minimum atomic E-state index is -4.14. The Balaban J connectivity index is 2.51. The van der Waals surface area contributed by atoms with Crippen LogP contribution in [0.15, 0.2) is 47.4 Å². The summed E-state index contributed by atoms with van der Waals surface area (Å²) >= 11 is 0. The van der Waals surface area contributed by atoms with Crippen LogP contribution in [0.2, 0.25) is 0 Å². The highest BCUT2D eigenvalue weighted by atomic mass is 32.2. The number of sulfonamides is 1. The molecule has 0 saturated heterocycles. The van der Waals surface area contributed by atoms with E-state index in [4.69, 9.17) is 5.73 Å². The van der Waals surface area contributed by atoms with Crippen LogP contribution < -0.4 is 10.0 Å². The van der Waals surface area contributed by atoms with Gasteiger partial charge in [0.05, 0.1) is 5.69 Å². The molecule has 0 radical (unpaired) electrons. The maximum Gasteiger partial charge on any atom is 0.266 e. The van der Waals surface area contributed by atoms with Gasteiger partial charge in [0.2, 0.25) is 0 Å². The van der Waals surface area contributed by atoms with Crippen LogP contribution in [-0.4, -0.2) is 15.5 Å². The fourth-order valence-electron chi connectivity index (χ4n) is 1.83. The predicted molar refractivity (Wildman–Crippen MR) is 76.3 cm³/mol. The van der Waals surface area contributed by atoms with Gasteiger partial charge in [-0.1, -0.05) is 12.1 Å². The minimum Gasteiger partial charge on any atom is -0.326 e. The van der Waals surface area contributed by atoms with Crippen LogP contribution in [-0.2, 0) is 16.6 Å². The molecule has 21 heavy (non-hydrogen) atoms. The molecule has 2 aromatic rings. The first-order chi connectivity index (χ1) is 9.86. The topological polar surface area (TPSA) is 63.4 Å². The standard InChI is InChI=1S/C14H14F2N2O2S/c1-18(12-4-2-3-11(15)8-12)21(19,20)14-7-10(9-17)5-6-13(14)16/h2-8H,9,17H2,1H3. The van der Waals surface area contributed by atoms with Crippen molar-refractivity contribution in [1.82, 2.24) is 0 Å². The number of hydrogen-bond donors (Lipinski definition) is 1. The molecule has 0 spiro atoms. The largest absolute Gasteiger partial charge is 0.326 e. The highest BCUT2D eigenvalue weighted by Gasteiger charge is 2.25. The Kier molecular flexibility index (Phi) is 4.24. The quantitative estimate of drug-likeness (QED) is 0.942. The second-order valence-corrected chi connectivity index (χ2v) is 6.36. The summed E-state index contributed by atoms with van der Waals surface area (Å²) < 4.78 is 52.8. The van der Waals surface area contributed by atoms with Gasteiger partial charge in [-0.2, -0.15) is 0 Å². The molecule has 2 N–H and O–H groups in total. The molecule has 0 aliphatic heterocycles. The normalized spacial score (nSPS) is 11.4. The third-order valence-corrected chi connectivity index (χ3v) is 4.84. The molecule has 0 heterocycles. The maximum atomic E-state index is 13.8. The van der Waals surface area contributed by atoms with Crippen molar-refractivity contribution in [3.8, 4) is 0 Å². The van der Waals surface area contributed by atoms with E-state index in [2.05, 4.69) is 0 Å². The summed E-state index contributed by atoms with van der Waals surface area (Å²) in [5.74, 6) is -1.46. The smallest absolute Gasteiger partial charge is 0.266 e. The number of benzene rings is 2. The molecule has 0 unspecified atom stereocenters. The molecule has 0 aromatic heterocycles. The van der Waals surface area contributed by atoms with E-state index in [-0.39, 0.29) is 12.2 Å². The van der Waals surface area contributed by atoms with Crippen molar-refractivity contribution < 1.29 is 17.2 Å². The fraction of sp³-hybridized carbons (Fsp3) is 0.143. The summed E-state index contributed by atoms with van der Waals surface area (Å²) in [6.45, 7) is 0.0898. The van der Waals surface area contributed by atoms with Crippen molar-refractivity contribution in [2.45, 2.75) is 11.4 Å². The van der Waals surface area contributed by atoms with E-state index in [9.17, 15) is 17.2 Å². The summed E-state index contributed by atoms with van der Waals surface area (Å²) in [5.41, 5.74) is 6.03. The molecule has 112 valence electrons. The van der Waals surface area contributed by atoms with Gasteiger partial charge in [-0.25, -0.2) is 17.2 Å². The van der Waals surface area contributed by atoms with Gasteiger partial charge in [0.1, 0.15) is 16.5 Å². The first-order valence-corrected chi connectivity index (χ1v) is 7.53. The fourth-order valence-corrected chi connectivity index (χ4v) is 3.13. The van der Waals surface area contributed by atoms with E-state index < -0.39 is 26.6 Å². The molecule has 0 fully saturated rings. The van der Waals surface area contributed by atoms with Crippen LogP contribution in [0, 0.1) is 11.6 Å². The number of anilines is 1. The van der Waals surface area contributed by atoms with Crippen LogP contribution in [0.3, 0.4) is 0 Å². The lowest BCUT2D eigenvalue weighted by atomic mass is 10.2. The van der Waals surface area contributed by atoms with E-state index in [1.165, 1.54) is 37.4 Å². The zero-order chi connectivity index (χ0) is 15.6. The van der Waals surface area contributed by atoms with Crippen LogP contribution in [0.5, 0.6) is 0 Å². The molecule has 0 amide bonds. The number of hydrogen-bond acceptors (Lipinski definition) is 3. The number of halogens is 2. The Morgan fingerprint density at radius 1 is 1.14 bits per heavy atom. The van der Waals surface area contributed by atoms with Crippen molar-refractivity contribution in [2.75, 3.05) is 11.4 Å². The third kappa shape index (κ3) is 3.03. The molecule has 2 rings (SSSR count). The lowest BCUT2D eigenvalue weighted by molar-refractivity contribution is 0.565. The summed E-state index contributed by atoms with van der Waals surface area (Å²) in [6.07, 6.45) is 0. The Morgan fingerprint density at radius 3 is 2.48 bits per heavy atom. The van der Waals surface area contributed by atoms with Crippen molar-refractivity contribution in [2.24, 2.45) is 5.73 Å². The summed E-state index contributed by atoms with van der Waals surface area (Å²) in [5, 5.41) is 0. The average Bonchev–Trinajstić information content (AvgIpc) is 2.46. The maximum absolute atomic E-state index is 13.8. The van der Waals surface area contributed by atoms with E-state index in [1.54, 1.807) is 0 Å². The molecule has 4 nitrogen and oxygen atoms in total. The van der Waals surface area contributed by atoms with Gasteiger partial charge in [0, 0.05) is 13.6 Å². The SMILES string of the molecule is CN(c1cccc(F)c1)S(=O)(=O)c1cc(CN)ccc1F. The summed E-state index contributed by atoms with van der Waals surface area (Å²) in [6, 6.07) is 8.70. The molecule has 2 aromatic carbocycles. The van der Waals surface area contributed by atoms with E-state index in [0.717, 1.165) is 16.4 Å². The number of rotatable bonds is 4. The predicted octanol–water partition coefficient (Wildman–Crippen LogP) is 2.25. The van der Waals surface area contributed by atoms with Gasteiger partial charge < -0.3 is 5.73 Å². The molecule has 0 saturated carbocycles. The molecule has 0 bridgehead atoms. The van der Waals surface area contributed by atoms with Gasteiger partial charge in [0.15, 0.2) is 0 Å². The highest BCUT2D eigenvalue weighted by Crippen LogP contribution is 2.25. The van der Waals surface area contributed by atoms with Gasteiger partial charge in [-0.3, -0.25) is 4.31 Å². The van der Waals surface area contributed by atoms with Crippen LogP contribution in [0.4, 0.5) is 14.5 Å². The van der Waals surface area contributed by atoms with Gasteiger partial charge in [0.25, 0.3) is 10.0 Å². The second-order valence-electron chi connectivity index (χ2n) is 4.42. The Hall–Kier alpha value is -1.99. The zero-order valence-corrected chi connectivity index (χ0v) is 12.1. The van der Waals surface area contributed by atoms with Crippen LogP contribution in [0.1, 0.15) is 5.56 Å². The van der Waals surface area contributed by atoms with Crippen LogP contribution >= 0.6 is 0 Å². The Bertz CT molecular complexity index is 763. The Labute approximate surface area is 121 Å². The number of nitrogens with two attached hydrogens (primary N) is 1. The third-order valence-electron chi connectivity index (χ3n) is 3.04. The van der Waals surface area contributed by atoms with Crippen molar-refractivity contribution in [3.63, 3.8) is 0 Å². The Morgan fingerprint density at radius 2 is 1.86 bits per heavy atom. The number of nitrogens with zero attached hydrogens (tertiary/aromatic N) is 1. The molecule has 0 atom stereocenters. The monoisotopic (exact) mass is 312 g/mol.